The fourth-order valence-electron chi connectivity index (χ4n) is 3.35. The lowest BCUT2D eigenvalue weighted by Gasteiger charge is -2.19. The number of phenolic OH excluding ortho intramolecular Hbond substituents is 1. The molecule has 6 nitrogen and oxygen atoms in total. The van der Waals surface area contributed by atoms with Gasteiger partial charge < -0.3 is 5.11 Å². The van der Waals surface area contributed by atoms with Crippen LogP contribution in [0, 0.1) is 0 Å². The lowest BCUT2D eigenvalue weighted by Crippen LogP contribution is -2.29. The standard InChI is InChI=1S/C22H21N3O3S/c1-2-16-7-12-22(26)20(15-16)24-23-18-8-10-19(11-9-18)29(27,28)25-14-13-17-5-3-4-6-21(17)25/h3-12,15,26H,2,13-14H2,1H3. The topological polar surface area (TPSA) is 82.3 Å². The molecule has 148 valence electrons. The van der Waals surface area contributed by atoms with Crippen LogP contribution in [0.3, 0.4) is 0 Å². The van der Waals surface area contributed by atoms with Crippen LogP contribution in [0.5, 0.6) is 5.75 Å². The van der Waals surface area contributed by atoms with Crippen LogP contribution >= 0.6 is 0 Å². The molecule has 0 saturated heterocycles. The van der Waals surface area contributed by atoms with E-state index in [0.29, 0.717) is 24.3 Å². The first-order valence-electron chi connectivity index (χ1n) is 9.43. The first kappa shape index (κ1) is 19.1. The Morgan fingerprint density at radius 1 is 1.00 bits per heavy atom. The van der Waals surface area contributed by atoms with Crippen molar-refractivity contribution in [2.45, 2.75) is 24.7 Å². The Labute approximate surface area is 170 Å². The van der Waals surface area contributed by atoms with Gasteiger partial charge in [0, 0.05) is 6.54 Å². The van der Waals surface area contributed by atoms with Crippen molar-refractivity contribution in [2.75, 3.05) is 10.8 Å². The lowest BCUT2D eigenvalue weighted by molar-refractivity contribution is 0.476. The Hall–Kier alpha value is -3.19. The molecule has 0 bridgehead atoms. The molecular formula is C22H21N3O3S. The molecule has 0 radical (unpaired) electrons. The van der Waals surface area contributed by atoms with Crippen LogP contribution in [-0.2, 0) is 22.9 Å². The van der Waals surface area contributed by atoms with E-state index < -0.39 is 10.0 Å². The molecule has 1 heterocycles. The van der Waals surface area contributed by atoms with Crippen LogP contribution < -0.4 is 4.31 Å². The number of hydrogen-bond acceptors (Lipinski definition) is 5. The number of rotatable bonds is 5. The van der Waals surface area contributed by atoms with Crippen molar-refractivity contribution >= 4 is 27.1 Å². The van der Waals surface area contributed by atoms with Gasteiger partial charge in [-0.3, -0.25) is 4.31 Å². The van der Waals surface area contributed by atoms with E-state index in [1.165, 1.54) is 16.4 Å². The smallest absolute Gasteiger partial charge is 0.264 e. The highest BCUT2D eigenvalue weighted by molar-refractivity contribution is 7.92. The largest absolute Gasteiger partial charge is 0.506 e. The Morgan fingerprint density at radius 3 is 2.52 bits per heavy atom. The van der Waals surface area contributed by atoms with Crippen molar-refractivity contribution in [1.29, 1.82) is 0 Å². The second kappa shape index (κ2) is 7.67. The summed E-state index contributed by atoms with van der Waals surface area (Å²) in [6.45, 7) is 2.46. The highest BCUT2D eigenvalue weighted by atomic mass is 32.2. The maximum absolute atomic E-state index is 13.0. The van der Waals surface area contributed by atoms with E-state index >= 15 is 0 Å². The summed E-state index contributed by atoms with van der Waals surface area (Å²) in [5.41, 5.74) is 3.71. The van der Waals surface area contributed by atoms with Gasteiger partial charge in [-0.25, -0.2) is 8.42 Å². The molecule has 0 fully saturated rings. The summed E-state index contributed by atoms with van der Waals surface area (Å²) in [5, 5.41) is 18.1. The SMILES string of the molecule is CCc1ccc(O)c(N=Nc2ccc(S(=O)(=O)N3CCc4ccccc43)cc2)c1. The van der Waals surface area contributed by atoms with Gasteiger partial charge in [-0.2, -0.15) is 5.11 Å². The van der Waals surface area contributed by atoms with Crippen LogP contribution in [0.4, 0.5) is 17.1 Å². The highest BCUT2D eigenvalue weighted by Crippen LogP contribution is 2.33. The van der Waals surface area contributed by atoms with Gasteiger partial charge >= 0.3 is 0 Å². The van der Waals surface area contributed by atoms with E-state index in [1.54, 1.807) is 24.3 Å². The molecule has 0 atom stereocenters. The predicted octanol–water partition coefficient (Wildman–Crippen LogP) is 5.12. The minimum atomic E-state index is -3.63. The van der Waals surface area contributed by atoms with Gasteiger partial charge in [0.1, 0.15) is 11.4 Å². The quantitative estimate of drug-likeness (QED) is 0.596. The molecule has 7 heteroatoms. The number of benzene rings is 3. The molecule has 0 saturated carbocycles. The molecule has 4 rings (SSSR count). The number of hydrogen-bond donors (Lipinski definition) is 1. The van der Waals surface area contributed by atoms with Crippen LogP contribution in [0.1, 0.15) is 18.1 Å². The third-order valence-electron chi connectivity index (χ3n) is 4.99. The average Bonchev–Trinajstić information content (AvgIpc) is 3.18. The normalized spacial score (nSPS) is 13.8. The molecule has 1 aliphatic heterocycles. The fourth-order valence-corrected chi connectivity index (χ4v) is 4.85. The van der Waals surface area contributed by atoms with Crippen LogP contribution in [0.15, 0.2) is 81.9 Å². The molecule has 1 aliphatic rings. The van der Waals surface area contributed by atoms with Gasteiger partial charge in [0.2, 0.25) is 0 Å². The predicted molar refractivity (Wildman–Crippen MR) is 113 cm³/mol. The van der Waals surface area contributed by atoms with Gasteiger partial charge in [0.05, 0.1) is 16.3 Å². The third kappa shape index (κ3) is 3.73. The summed E-state index contributed by atoms with van der Waals surface area (Å²) in [6, 6.07) is 19.1. The molecule has 3 aromatic carbocycles. The number of sulfonamides is 1. The zero-order valence-electron chi connectivity index (χ0n) is 16.0. The monoisotopic (exact) mass is 407 g/mol. The Morgan fingerprint density at radius 2 is 1.76 bits per heavy atom. The maximum atomic E-state index is 13.0. The Kier molecular flexibility index (Phi) is 5.07. The van der Waals surface area contributed by atoms with Crippen LogP contribution in [0.25, 0.3) is 0 Å². The van der Waals surface area contributed by atoms with Crippen molar-refractivity contribution < 1.29 is 13.5 Å². The molecule has 0 unspecified atom stereocenters. The van der Waals surface area contributed by atoms with Crippen LogP contribution in [-0.4, -0.2) is 20.1 Å². The number of fused-ring (bicyclic) bond motifs is 1. The van der Waals surface area contributed by atoms with Gasteiger partial charge in [-0.15, -0.1) is 5.11 Å². The van der Waals surface area contributed by atoms with E-state index in [9.17, 15) is 13.5 Å². The van der Waals surface area contributed by atoms with E-state index in [-0.39, 0.29) is 10.6 Å². The highest BCUT2D eigenvalue weighted by Gasteiger charge is 2.30. The van der Waals surface area contributed by atoms with Crippen molar-refractivity contribution in [2.24, 2.45) is 10.2 Å². The lowest BCUT2D eigenvalue weighted by atomic mass is 10.1. The fraction of sp³-hybridized carbons (Fsp3) is 0.182. The van der Waals surface area contributed by atoms with Crippen molar-refractivity contribution in [3.63, 3.8) is 0 Å². The maximum Gasteiger partial charge on any atom is 0.264 e. The average molecular weight is 407 g/mol. The molecule has 0 aliphatic carbocycles. The second-order valence-corrected chi connectivity index (χ2v) is 8.69. The molecule has 29 heavy (non-hydrogen) atoms. The van der Waals surface area contributed by atoms with Gasteiger partial charge in [-0.1, -0.05) is 31.2 Å². The summed E-state index contributed by atoms with van der Waals surface area (Å²) >= 11 is 0. The van der Waals surface area contributed by atoms with Crippen molar-refractivity contribution in [3.05, 3.63) is 77.9 Å². The molecule has 3 aromatic rings. The number of aryl methyl sites for hydroxylation is 1. The minimum Gasteiger partial charge on any atom is -0.506 e. The Bertz CT molecular complexity index is 1170. The molecule has 0 amide bonds. The van der Waals surface area contributed by atoms with Crippen molar-refractivity contribution in [1.82, 2.24) is 0 Å². The first-order valence-corrected chi connectivity index (χ1v) is 10.9. The summed E-state index contributed by atoms with van der Waals surface area (Å²) in [5.74, 6) is 0.0536. The molecular weight excluding hydrogens is 386 g/mol. The summed E-state index contributed by atoms with van der Waals surface area (Å²) in [7, 11) is -3.63. The van der Waals surface area contributed by atoms with Crippen LogP contribution in [0.2, 0.25) is 0 Å². The zero-order chi connectivity index (χ0) is 20.4. The number of phenols is 1. The second-order valence-electron chi connectivity index (χ2n) is 6.83. The summed E-state index contributed by atoms with van der Waals surface area (Å²) < 4.78 is 27.5. The van der Waals surface area contributed by atoms with Gasteiger partial charge in [0.25, 0.3) is 10.0 Å². The third-order valence-corrected chi connectivity index (χ3v) is 6.82. The van der Waals surface area contributed by atoms with E-state index in [1.807, 2.05) is 37.3 Å². The van der Waals surface area contributed by atoms with Crippen molar-refractivity contribution in [3.8, 4) is 5.75 Å². The number of anilines is 1. The summed E-state index contributed by atoms with van der Waals surface area (Å²) in [4.78, 5) is 0.212. The molecule has 0 spiro atoms. The zero-order valence-corrected chi connectivity index (χ0v) is 16.8. The summed E-state index contributed by atoms with van der Waals surface area (Å²) in [6.07, 6.45) is 1.54. The molecule has 1 N–H and O–H groups in total. The van der Waals surface area contributed by atoms with Gasteiger partial charge in [0.15, 0.2) is 0 Å². The molecule has 0 aromatic heterocycles. The number of nitrogens with zero attached hydrogens (tertiary/aromatic N) is 3. The van der Waals surface area contributed by atoms with E-state index in [2.05, 4.69) is 10.2 Å². The number of aromatic hydroxyl groups is 1. The van der Waals surface area contributed by atoms with E-state index in [4.69, 9.17) is 0 Å². The number of para-hydroxylation sites is 1. The van der Waals surface area contributed by atoms with E-state index in [0.717, 1.165) is 23.2 Å². The Balaban J connectivity index is 1.57. The minimum absolute atomic E-state index is 0.0536. The van der Waals surface area contributed by atoms with Gasteiger partial charge in [-0.05, 0) is 66.4 Å². The first-order chi connectivity index (χ1) is 14.0. The number of azo groups is 1.